The lowest BCUT2D eigenvalue weighted by Gasteiger charge is -2.34. The highest BCUT2D eigenvalue weighted by molar-refractivity contribution is 5.88. The molecule has 0 aromatic heterocycles. The molecule has 1 aliphatic carbocycles. The standard InChI is InChI=1S/C25H28N2O6/c1-2-3-15-32-23(30)26-25(22(28)29)13-8-14-27(25)24(31)33-16-21-19-11-6-4-9-17(19)18-10-5-7-12-20(18)21/h4-7,9-12,21H,2-3,8,13-16H2,1H3,(H,26,30)(H,28,29). The van der Waals surface area contributed by atoms with Crippen LogP contribution in [0.4, 0.5) is 9.59 Å². The van der Waals surface area contributed by atoms with E-state index in [1.165, 1.54) is 0 Å². The van der Waals surface area contributed by atoms with Crippen LogP contribution in [0.2, 0.25) is 0 Å². The Labute approximate surface area is 192 Å². The van der Waals surface area contributed by atoms with E-state index in [2.05, 4.69) is 5.32 Å². The first-order chi connectivity index (χ1) is 16.0. The van der Waals surface area contributed by atoms with Crippen molar-refractivity contribution in [1.82, 2.24) is 10.2 Å². The molecule has 1 atom stereocenters. The minimum Gasteiger partial charge on any atom is -0.478 e. The molecule has 1 fully saturated rings. The number of carbonyl (C=O) groups excluding carboxylic acids is 2. The maximum absolute atomic E-state index is 13.0. The Morgan fingerprint density at radius 1 is 1.06 bits per heavy atom. The third kappa shape index (κ3) is 4.25. The molecule has 1 heterocycles. The molecule has 0 radical (unpaired) electrons. The summed E-state index contributed by atoms with van der Waals surface area (Å²) in [5.41, 5.74) is 2.45. The Hall–Kier alpha value is -3.55. The van der Waals surface area contributed by atoms with Crippen molar-refractivity contribution in [3.05, 3.63) is 59.7 Å². The highest BCUT2D eigenvalue weighted by Crippen LogP contribution is 2.44. The Balaban J connectivity index is 1.48. The van der Waals surface area contributed by atoms with Crippen LogP contribution < -0.4 is 5.32 Å². The van der Waals surface area contributed by atoms with E-state index in [4.69, 9.17) is 9.47 Å². The molecule has 8 nitrogen and oxygen atoms in total. The quantitative estimate of drug-likeness (QED) is 0.606. The van der Waals surface area contributed by atoms with E-state index in [-0.39, 0.29) is 32.1 Å². The number of amides is 2. The summed E-state index contributed by atoms with van der Waals surface area (Å²) in [6, 6.07) is 16.0. The molecule has 0 spiro atoms. The van der Waals surface area contributed by atoms with Gasteiger partial charge in [-0.1, -0.05) is 61.9 Å². The molecule has 0 saturated carbocycles. The Morgan fingerprint density at radius 3 is 2.30 bits per heavy atom. The van der Waals surface area contributed by atoms with Crippen LogP contribution in [-0.4, -0.2) is 53.6 Å². The van der Waals surface area contributed by atoms with Gasteiger partial charge in [-0.2, -0.15) is 0 Å². The number of nitrogens with zero attached hydrogens (tertiary/aromatic N) is 1. The van der Waals surface area contributed by atoms with Crippen molar-refractivity contribution in [3.8, 4) is 11.1 Å². The first kappa shape index (κ1) is 22.6. The van der Waals surface area contributed by atoms with Crippen LogP contribution in [0.1, 0.15) is 49.7 Å². The molecule has 2 aliphatic rings. The van der Waals surface area contributed by atoms with Crippen LogP contribution in [0.15, 0.2) is 48.5 Å². The molecule has 4 rings (SSSR count). The van der Waals surface area contributed by atoms with E-state index in [1.807, 2.05) is 55.5 Å². The number of benzene rings is 2. The van der Waals surface area contributed by atoms with E-state index >= 15 is 0 Å². The van der Waals surface area contributed by atoms with Gasteiger partial charge in [0.1, 0.15) is 6.61 Å². The zero-order valence-corrected chi connectivity index (χ0v) is 18.6. The normalized spacial score (nSPS) is 19.0. The van der Waals surface area contributed by atoms with E-state index in [9.17, 15) is 19.5 Å². The number of aliphatic carboxylic acids is 1. The number of alkyl carbamates (subject to hydrolysis) is 1. The van der Waals surface area contributed by atoms with Crippen molar-refractivity contribution >= 4 is 18.2 Å². The van der Waals surface area contributed by atoms with Gasteiger partial charge in [-0.3, -0.25) is 10.2 Å². The lowest BCUT2D eigenvalue weighted by molar-refractivity contribution is -0.150. The van der Waals surface area contributed by atoms with Gasteiger partial charge < -0.3 is 14.6 Å². The first-order valence-corrected chi connectivity index (χ1v) is 11.3. The number of hydrogen-bond acceptors (Lipinski definition) is 5. The fourth-order valence-corrected chi connectivity index (χ4v) is 4.66. The van der Waals surface area contributed by atoms with Gasteiger partial charge >= 0.3 is 18.2 Å². The molecule has 2 amide bonds. The number of hydrogen-bond donors (Lipinski definition) is 2. The van der Waals surface area contributed by atoms with Gasteiger partial charge in [0, 0.05) is 18.9 Å². The Kier molecular flexibility index (Phi) is 6.53. The molecular weight excluding hydrogens is 424 g/mol. The minimum absolute atomic E-state index is 0.0694. The summed E-state index contributed by atoms with van der Waals surface area (Å²) in [7, 11) is 0. The molecule has 1 aliphatic heterocycles. The predicted octanol–water partition coefficient (Wildman–Crippen LogP) is 4.34. The molecule has 2 aromatic rings. The van der Waals surface area contributed by atoms with Gasteiger partial charge in [-0.05, 0) is 35.1 Å². The summed E-state index contributed by atoms with van der Waals surface area (Å²) in [5, 5.41) is 12.3. The van der Waals surface area contributed by atoms with Crippen LogP contribution in [0.5, 0.6) is 0 Å². The second-order valence-electron chi connectivity index (χ2n) is 8.34. The number of likely N-dealkylation sites (tertiary alicyclic amines) is 1. The molecule has 2 N–H and O–H groups in total. The molecule has 8 heteroatoms. The van der Waals surface area contributed by atoms with Crippen LogP contribution >= 0.6 is 0 Å². The average molecular weight is 453 g/mol. The van der Waals surface area contributed by atoms with Crippen LogP contribution in [0, 0.1) is 0 Å². The lowest BCUT2D eigenvalue weighted by Crippen LogP contribution is -2.64. The Morgan fingerprint density at radius 2 is 1.70 bits per heavy atom. The van der Waals surface area contributed by atoms with Gasteiger partial charge in [0.15, 0.2) is 0 Å². The Bertz CT molecular complexity index is 1010. The summed E-state index contributed by atoms with van der Waals surface area (Å²) < 4.78 is 10.7. The number of nitrogens with one attached hydrogen (secondary N) is 1. The van der Waals surface area contributed by atoms with Crippen molar-refractivity contribution in [2.75, 3.05) is 19.8 Å². The number of unbranched alkanes of at least 4 members (excludes halogenated alkanes) is 1. The molecule has 174 valence electrons. The smallest absolute Gasteiger partial charge is 0.412 e. The molecular formula is C25H28N2O6. The zero-order chi connectivity index (χ0) is 23.4. The third-order valence-electron chi connectivity index (χ3n) is 6.33. The molecule has 33 heavy (non-hydrogen) atoms. The molecule has 1 unspecified atom stereocenters. The van der Waals surface area contributed by atoms with E-state index in [0.29, 0.717) is 12.8 Å². The lowest BCUT2D eigenvalue weighted by atomic mass is 9.98. The van der Waals surface area contributed by atoms with Crippen LogP contribution in [-0.2, 0) is 14.3 Å². The minimum atomic E-state index is -1.88. The predicted molar refractivity (Wildman–Crippen MR) is 121 cm³/mol. The number of rotatable bonds is 7. The summed E-state index contributed by atoms with van der Waals surface area (Å²) in [4.78, 5) is 38.5. The summed E-state index contributed by atoms with van der Waals surface area (Å²) in [6.07, 6.45) is 0.378. The maximum Gasteiger partial charge on any atom is 0.412 e. The summed E-state index contributed by atoms with van der Waals surface area (Å²) in [5.74, 6) is -1.46. The largest absolute Gasteiger partial charge is 0.478 e. The van der Waals surface area contributed by atoms with Crippen molar-refractivity contribution in [2.24, 2.45) is 0 Å². The number of fused-ring (bicyclic) bond motifs is 3. The van der Waals surface area contributed by atoms with Crippen molar-refractivity contribution < 1.29 is 29.0 Å². The topological polar surface area (TPSA) is 105 Å². The second-order valence-corrected chi connectivity index (χ2v) is 8.34. The average Bonchev–Trinajstić information content (AvgIpc) is 3.38. The number of carboxylic acids is 1. The zero-order valence-electron chi connectivity index (χ0n) is 18.6. The second kappa shape index (κ2) is 9.52. The van der Waals surface area contributed by atoms with Gasteiger partial charge in [-0.25, -0.2) is 14.4 Å². The van der Waals surface area contributed by atoms with Crippen molar-refractivity contribution in [2.45, 2.75) is 44.2 Å². The molecule has 0 bridgehead atoms. The van der Waals surface area contributed by atoms with Crippen molar-refractivity contribution in [1.29, 1.82) is 0 Å². The maximum atomic E-state index is 13.0. The van der Waals surface area contributed by atoms with Gasteiger partial charge in [-0.15, -0.1) is 0 Å². The monoisotopic (exact) mass is 452 g/mol. The van der Waals surface area contributed by atoms with E-state index < -0.39 is 23.8 Å². The third-order valence-corrected chi connectivity index (χ3v) is 6.33. The SMILES string of the molecule is CCCCOC(=O)NC1(C(=O)O)CCCN1C(=O)OCC1c2ccccc2-c2ccccc21. The fraction of sp³-hybridized carbons (Fsp3) is 0.400. The number of ether oxygens (including phenoxy) is 2. The van der Waals surface area contributed by atoms with Gasteiger partial charge in [0.05, 0.1) is 6.61 Å². The molecule has 1 saturated heterocycles. The number of carbonyl (C=O) groups is 3. The first-order valence-electron chi connectivity index (χ1n) is 11.3. The molecule has 2 aromatic carbocycles. The van der Waals surface area contributed by atoms with Crippen LogP contribution in [0.25, 0.3) is 11.1 Å². The highest BCUT2D eigenvalue weighted by Gasteiger charge is 2.52. The van der Waals surface area contributed by atoms with E-state index in [1.54, 1.807) is 0 Å². The van der Waals surface area contributed by atoms with Gasteiger partial charge in [0.2, 0.25) is 5.66 Å². The van der Waals surface area contributed by atoms with Crippen molar-refractivity contribution in [3.63, 3.8) is 0 Å². The summed E-state index contributed by atoms with van der Waals surface area (Å²) in [6.45, 7) is 2.37. The van der Waals surface area contributed by atoms with Crippen LogP contribution in [0.3, 0.4) is 0 Å². The van der Waals surface area contributed by atoms with E-state index in [0.717, 1.165) is 33.6 Å². The fourth-order valence-electron chi connectivity index (χ4n) is 4.66. The highest BCUT2D eigenvalue weighted by atomic mass is 16.6. The number of carboxylic acid groups (broad SMARTS) is 1. The van der Waals surface area contributed by atoms with Gasteiger partial charge in [0.25, 0.3) is 0 Å². The summed E-state index contributed by atoms with van der Waals surface area (Å²) >= 11 is 0.